The summed E-state index contributed by atoms with van der Waals surface area (Å²) in [7, 11) is -0.640. The lowest BCUT2D eigenvalue weighted by Gasteiger charge is -2.17. The molecular formula is C16H20ClN3O3S. The maximum Gasteiger partial charge on any atom is 0.246 e. The molecule has 0 spiro atoms. The third-order valence-corrected chi connectivity index (χ3v) is 5.53. The number of rotatable bonds is 7. The van der Waals surface area contributed by atoms with Crippen LogP contribution in [-0.4, -0.2) is 38.4 Å². The van der Waals surface area contributed by atoms with Crippen LogP contribution < -0.4 is 10.1 Å². The van der Waals surface area contributed by atoms with Crippen LogP contribution in [0, 0.1) is 0 Å². The fourth-order valence-electron chi connectivity index (χ4n) is 2.03. The minimum atomic E-state index is -3.61. The number of benzene rings is 1. The number of aromatic nitrogens is 1. The van der Waals surface area contributed by atoms with Crippen LogP contribution in [0.25, 0.3) is 0 Å². The van der Waals surface area contributed by atoms with Crippen LogP contribution in [0.1, 0.15) is 12.5 Å². The van der Waals surface area contributed by atoms with Crippen molar-refractivity contribution in [2.45, 2.75) is 18.4 Å². The Labute approximate surface area is 147 Å². The molecule has 6 nitrogen and oxygen atoms in total. The van der Waals surface area contributed by atoms with Gasteiger partial charge in [0.15, 0.2) is 0 Å². The van der Waals surface area contributed by atoms with Crippen LogP contribution in [-0.2, 0) is 16.6 Å². The SMILES string of the molecule is CCOc1ccc(NCc2cnccc2Cl)cc1S(=O)(=O)N(C)C. The Morgan fingerprint density at radius 2 is 2.04 bits per heavy atom. The molecule has 1 aromatic carbocycles. The molecule has 0 atom stereocenters. The number of nitrogens with one attached hydrogen (secondary N) is 1. The molecule has 0 radical (unpaired) electrons. The Bertz CT molecular complexity index is 810. The second kappa shape index (κ2) is 7.83. The molecule has 0 saturated carbocycles. The van der Waals surface area contributed by atoms with Crippen LogP contribution in [0.2, 0.25) is 5.02 Å². The molecule has 8 heteroatoms. The molecule has 2 aromatic rings. The van der Waals surface area contributed by atoms with E-state index in [-0.39, 0.29) is 4.90 Å². The summed E-state index contributed by atoms with van der Waals surface area (Å²) in [4.78, 5) is 4.15. The maximum atomic E-state index is 12.5. The zero-order chi connectivity index (χ0) is 17.7. The Balaban J connectivity index is 2.31. The molecule has 1 N–H and O–H groups in total. The molecule has 0 aliphatic carbocycles. The van der Waals surface area contributed by atoms with Crippen molar-refractivity contribution in [2.75, 3.05) is 26.0 Å². The predicted molar refractivity (Wildman–Crippen MR) is 95.1 cm³/mol. The number of hydrogen-bond acceptors (Lipinski definition) is 5. The molecule has 0 bridgehead atoms. The number of halogens is 1. The number of ether oxygens (including phenoxy) is 1. The quantitative estimate of drug-likeness (QED) is 0.812. The van der Waals surface area contributed by atoms with Gasteiger partial charge in [-0.2, -0.15) is 0 Å². The van der Waals surface area contributed by atoms with Gasteiger partial charge in [0.25, 0.3) is 0 Å². The van der Waals surface area contributed by atoms with Gasteiger partial charge in [-0.15, -0.1) is 0 Å². The van der Waals surface area contributed by atoms with Crippen molar-refractivity contribution < 1.29 is 13.2 Å². The third-order valence-electron chi connectivity index (χ3n) is 3.33. The van der Waals surface area contributed by atoms with Crippen molar-refractivity contribution in [3.05, 3.63) is 47.2 Å². The highest BCUT2D eigenvalue weighted by Crippen LogP contribution is 2.29. The Morgan fingerprint density at radius 1 is 1.29 bits per heavy atom. The number of nitrogens with zero attached hydrogens (tertiary/aromatic N) is 2. The fourth-order valence-corrected chi connectivity index (χ4v) is 3.25. The van der Waals surface area contributed by atoms with Gasteiger partial charge in [0.1, 0.15) is 10.6 Å². The van der Waals surface area contributed by atoms with Crippen molar-refractivity contribution >= 4 is 27.3 Å². The monoisotopic (exact) mass is 369 g/mol. The number of sulfonamides is 1. The predicted octanol–water partition coefficient (Wildman–Crippen LogP) is 3.00. The maximum absolute atomic E-state index is 12.5. The largest absolute Gasteiger partial charge is 0.492 e. The molecule has 0 amide bonds. The molecule has 0 saturated heterocycles. The van der Waals surface area contributed by atoms with Crippen molar-refractivity contribution in [3.8, 4) is 5.75 Å². The second-order valence-electron chi connectivity index (χ2n) is 5.20. The van der Waals surface area contributed by atoms with Crippen LogP contribution >= 0.6 is 11.6 Å². The topological polar surface area (TPSA) is 71.5 Å². The molecule has 0 aliphatic heterocycles. The van der Waals surface area contributed by atoms with Gasteiger partial charge in [0.2, 0.25) is 10.0 Å². The highest BCUT2D eigenvalue weighted by atomic mass is 35.5. The summed E-state index contributed by atoms with van der Waals surface area (Å²) in [6.07, 6.45) is 3.28. The van der Waals surface area contributed by atoms with E-state index in [4.69, 9.17) is 16.3 Å². The summed E-state index contributed by atoms with van der Waals surface area (Å²) in [6.45, 7) is 2.62. The van der Waals surface area contributed by atoms with Crippen molar-refractivity contribution in [2.24, 2.45) is 0 Å². The lowest BCUT2D eigenvalue weighted by molar-refractivity contribution is 0.330. The van der Waals surface area contributed by atoms with Crippen LogP contribution in [0.3, 0.4) is 0 Å². The number of hydrogen-bond donors (Lipinski definition) is 1. The smallest absolute Gasteiger partial charge is 0.246 e. The van der Waals surface area contributed by atoms with E-state index in [2.05, 4.69) is 10.3 Å². The van der Waals surface area contributed by atoms with E-state index in [1.165, 1.54) is 14.1 Å². The summed E-state index contributed by atoms with van der Waals surface area (Å²) in [6, 6.07) is 6.68. The van der Waals surface area contributed by atoms with Gasteiger partial charge in [-0.3, -0.25) is 4.98 Å². The number of anilines is 1. The average molecular weight is 370 g/mol. The lowest BCUT2D eigenvalue weighted by atomic mass is 10.2. The fraction of sp³-hybridized carbons (Fsp3) is 0.312. The molecule has 2 rings (SSSR count). The van der Waals surface area contributed by atoms with Crippen molar-refractivity contribution in [1.29, 1.82) is 0 Å². The van der Waals surface area contributed by atoms with E-state index < -0.39 is 10.0 Å². The summed E-state index contributed by atoms with van der Waals surface area (Å²) < 4.78 is 31.6. The highest BCUT2D eigenvalue weighted by molar-refractivity contribution is 7.89. The molecule has 130 valence electrons. The van der Waals surface area contributed by atoms with Crippen LogP contribution in [0.4, 0.5) is 5.69 Å². The minimum Gasteiger partial charge on any atom is -0.492 e. The van der Waals surface area contributed by atoms with Gasteiger partial charge in [0.05, 0.1) is 6.61 Å². The van der Waals surface area contributed by atoms with E-state index in [1.807, 2.05) is 6.92 Å². The molecular weight excluding hydrogens is 350 g/mol. The van der Waals surface area contributed by atoms with E-state index in [1.54, 1.807) is 36.7 Å². The highest BCUT2D eigenvalue weighted by Gasteiger charge is 2.22. The summed E-state index contributed by atoms with van der Waals surface area (Å²) in [5.41, 5.74) is 1.48. The van der Waals surface area contributed by atoms with E-state index in [0.717, 1.165) is 9.87 Å². The van der Waals surface area contributed by atoms with Gasteiger partial charge in [-0.05, 0) is 31.2 Å². The molecule has 1 heterocycles. The zero-order valence-corrected chi connectivity index (χ0v) is 15.4. The first-order valence-electron chi connectivity index (χ1n) is 7.38. The van der Waals surface area contributed by atoms with Crippen LogP contribution in [0.5, 0.6) is 5.75 Å². The summed E-state index contributed by atoms with van der Waals surface area (Å²) >= 11 is 6.10. The van der Waals surface area contributed by atoms with E-state index >= 15 is 0 Å². The van der Waals surface area contributed by atoms with E-state index in [0.29, 0.717) is 29.6 Å². The van der Waals surface area contributed by atoms with Gasteiger partial charge in [-0.1, -0.05) is 11.6 Å². The third kappa shape index (κ3) is 4.17. The first kappa shape index (κ1) is 18.5. The molecule has 0 fully saturated rings. The van der Waals surface area contributed by atoms with Gasteiger partial charge in [-0.25, -0.2) is 12.7 Å². The minimum absolute atomic E-state index is 0.122. The first-order chi connectivity index (χ1) is 11.4. The zero-order valence-electron chi connectivity index (χ0n) is 13.8. The van der Waals surface area contributed by atoms with Crippen molar-refractivity contribution in [3.63, 3.8) is 0 Å². The standard InChI is InChI=1S/C16H20ClN3O3S/c1-4-23-15-6-5-13(9-16(15)24(21,22)20(2)3)19-11-12-10-18-8-7-14(12)17/h5-10,19H,4,11H2,1-3H3. The van der Waals surface area contributed by atoms with Gasteiger partial charge >= 0.3 is 0 Å². The number of pyridine rings is 1. The van der Waals surface area contributed by atoms with Crippen molar-refractivity contribution in [1.82, 2.24) is 9.29 Å². The molecule has 1 aromatic heterocycles. The average Bonchev–Trinajstić information content (AvgIpc) is 2.55. The Kier molecular flexibility index (Phi) is 6.04. The second-order valence-corrected chi connectivity index (χ2v) is 7.73. The molecule has 0 aliphatic rings. The summed E-state index contributed by atoms with van der Waals surface area (Å²) in [5.74, 6) is 0.330. The van der Waals surface area contributed by atoms with Gasteiger partial charge < -0.3 is 10.1 Å². The molecule has 0 unspecified atom stereocenters. The Hall–Kier alpha value is -1.83. The van der Waals surface area contributed by atoms with Gasteiger partial charge in [0, 0.05) is 49.3 Å². The van der Waals surface area contributed by atoms with Crippen LogP contribution in [0.15, 0.2) is 41.6 Å². The molecule has 24 heavy (non-hydrogen) atoms. The first-order valence-corrected chi connectivity index (χ1v) is 9.19. The normalized spacial score (nSPS) is 11.5. The lowest BCUT2D eigenvalue weighted by Crippen LogP contribution is -2.23. The summed E-state index contributed by atoms with van der Waals surface area (Å²) in [5, 5.41) is 3.76. The van der Waals surface area contributed by atoms with E-state index in [9.17, 15) is 8.42 Å². The Morgan fingerprint density at radius 3 is 2.67 bits per heavy atom.